The molecule has 2 aromatic rings. The lowest BCUT2D eigenvalue weighted by Crippen LogP contribution is -2.36. The molecule has 1 aliphatic rings. The molecular weight excluding hydrogens is 338 g/mol. The molecule has 1 saturated heterocycles. The number of aromatic nitrogens is 2. The monoisotopic (exact) mass is 369 g/mol. The maximum atomic E-state index is 12.7. The van der Waals surface area contributed by atoms with Crippen molar-refractivity contribution in [2.75, 3.05) is 38.0 Å². The van der Waals surface area contributed by atoms with E-state index >= 15 is 0 Å². The van der Waals surface area contributed by atoms with Crippen molar-refractivity contribution in [2.24, 2.45) is 0 Å². The molecule has 0 saturated carbocycles. The van der Waals surface area contributed by atoms with Gasteiger partial charge in [0.2, 0.25) is 5.91 Å². The third-order valence-corrected chi connectivity index (χ3v) is 5.24. The Bertz CT molecular complexity index is 706. The molecule has 27 heavy (non-hydrogen) atoms. The first-order chi connectivity index (χ1) is 13.2. The Labute approximate surface area is 162 Å². The number of hydrogen-bond donors (Lipinski definition) is 2. The second-order valence-corrected chi connectivity index (χ2v) is 7.15. The van der Waals surface area contributed by atoms with Crippen molar-refractivity contribution in [1.29, 1.82) is 0 Å². The number of rotatable bonds is 7. The van der Waals surface area contributed by atoms with Crippen molar-refractivity contribution >= 4 is 11.6 Å². The molecule has 1 aromatic heterocycles. The molecule has 1 aliphatic heterocycles. The zero-order chi connectivity index (χ0) is 19.1. The normalized spacial score (nSPS) is 16.2. The molecule has 0 atom stereocenters. The van der Waals surface area contributed by atoms with E-state index in [2.05, 4.69) is 57.1 Å². The van der Waals surface area contributed by atoms with Crippen molar-refractivity contribution in [3.63, 3.8) is 0 Å². The van der Waals surface area contributed by atoms with E-state index < -0.39 is 0 Å². The van der Waals surface area contributed by atoms with Gasteiger partial charge in [0.25, 0.3) is 0 Å². The van der Waals surface area contributed by atoms with Crippen molar-refractivity contribution in [3.05, 3.63) is 47.5 Å². The number of nitrogens with zero attached hydrogens (tertiary/aromatic N) is 3. The van der Waals surface area contributed by atoms with E-state index in [0.29, 0.717) is 6.54 Å². The topological polar surface area (TPSA) is 64.3 Å². The Kier molecular flexibility index (Phi) is 7.01. The van der Waals surface area contributed by atoms with Crippen LogP contribution >= 0.6 is 0 Å². The predicted molar refractivity (Wildman–Crippen MR) is 109 cm³/mol. The Balaban J connectivity index is 1.54. The third-order valence-electron chi connectivity index (χ3n) is 5.24. The molecule has 146 valence electrons. The summed E-state index contributed by atoms with van der Waals surface area (Å²) in [5.41, 5.74) is 3.44. The Morgan fingerprint density at radius 1 is 1.11 bits per heavy atom. The summed E-state index contributed by atoms with van der Waals surface area (Å²) in [6.45, 7) is 9.42. The number of hydrogen-bond acceptors (Lipinski definition) is 4. The zero-order valence-electron chi connectivity index (χ0n) is 16.5. The average molecular weight is 370 g/mol. The first kappa shape index (κ1) is 19.6. The molecule has 0 radical (unpaired) electrons. The van der Waals surface area contributed by atoms with E-state index in [1.807, 2.05) is 6.20 Å². The van der Waals surface area contributed by atoms with Crippen LogP contribution in [-0.4, -0.2) is 58.4 Å². The number of anilines is 1. The summed E-state index contributed by atoms with van der Waals surface area (Å²) in [5, 5.41) is 3.19. The molecule has 0 aliphatic carbocycles. The van der Waals surface area contributed by atoms with Crippen LogP contribution in [0.4, 0.5) is 5.69 Å². The summed E-state index contributed by atoms with van der Waals surface area (Å²) >= 11 is 0. The highest BCUT2D eigenvalue weighted by atomic mass is 16.2. The summed E-state index contributed by atoms with van der Waals surface area (Å²) in [4.78, 5) is 24.8. The fourth-order valence-electron chi connectivity index (χ4n) is 3.72. The number of carbonyl (C=O) groups excluding carboxylic acids is 1. The van der Waals surface area contributed by atoms with Gasteiger partial charge in [-0.2, -0.15) is 0 Å². The largest absolute Gasteiger partial charge is 0.348 e. The molecule has 2 heterocycles. The maximum Gasteiger partial charge on any atom is 0.238 e. The highest BCUT2D eigenvalue weighted by Crippen LogP contribution is 2.22. The van der Waals surface area contributed by atoms with Gasteiger partial charge >= 0.3 is 0 Å². The fraction of sp³-hybridized carbons (Fsp3) is 0.524. The molecule has 2 N–H and O–H groups in total. The smallest absolute Gasteiger partial charge is 0.238 e. The molecule has 0 bridgehead atoms. The Morgan fingerprint density at radius 3 is 2.48 bits per heavy atom. The number of aromatic amines is 1. The molecule has 1 amide bonds. The van der Waals surface area contributed by atoms with E-state index in [-0.39, 0.29) is 5.91 Å². The lowest BCUT2D eigenvalue weighted by Gasteiger charge is -2.21. The summed E-state index contributed by atoms with van der Waals surface area (Å²) < 4.78 is 0. The minimum Gasteiger partial charge on any atom is -0.348 e. The number of para-hydroxylation sites is 1. The van der Waals surface area contributed by atoms with Gasteiger partial charge in [-0.3, -0.25) is 14.6 Å². The van der Waals surface area contributed by atoms with Crippen LogP contribution < -0.4 is 5.32 Å². The summed E-state index contributed by atoms with van der Waals surface area (Å²) in [6.07, 6.45) is 6.58. The first-order valence-corrected chi connectivity index (χ1v) is 10.0. The van der Waals surface area contributed by atoms with Gasteiger partial charge < -0.3 is 10.3 Å². The van der Waals surface area contributed by atoms with Crippen LogP contribution in [-0.2, 0) is 24.2 Å². The number of H-pyrrole nitrogens is 1. The van der Waals surface area contributed by atoms with Gasteiger partial charge in [0, 0.05) is 31.2 Å². The van der Waals surface area contributed by atoms with Gasteiger partial charge in [-0.1, -0.05) is 32.0 Å². The first-order valence-electron chi connectivity index (χ1n) is 10.0. The fourth-order valence-corrected chi connectivity index (χ4v) is 3.72. The molecule has 6 heteroatoms. The average Bonchev–Trinajstić information content (AvgIpc) is 3.09. The number of carbonyl (C=O) groups is 1. The zero-order valence-corrected chi connectivity index (χ0v) is 16.5. The summed E-state index contributed by atoms with van der Waals surface area (Å²) in [5.74, 6) is 1.09. The van der Waals surface area contributed by atoms with Gasteiger partial charge in [0.1, 0.15) is 5.82 Å². The van der Waals surface area contributed by atoms with Crippen LogP contribution in [0.2, 0.25) is 0 Å². The second-order valence-electron chi connectivity index (χ2n) is 7.15. The van der Waals surface area contributed by atoms with Crippen LogP contribution in [0.3, 0.4) is 0 Å². The van der Waals surface area contributed by atoms with Crippen LogP contribution in [0.25, 0.3) is 0 Å². The molecular formula is C21H31N5O. The molecule has 3 rings (SSSR count). The number of amides is 1. The van der Waals surface area contributed by atoms with Crippen LogP contribution in [0.15, 0.2) is 30.6 Å². The van der Waals surface area contributed by atoms with Gasteiger partial charge in [-0.25, -0.2) is 4.98 Å². The lowest BCUT2D eigenvalue weighted by atomic mass is 10.0. The molecule has 0 spiro atoms. The predicted octanol–water partition coefficient (Wildman–Crippen LogP) is 2.68. The SMILES string of the molecule is CCc1cccc(CC)c1NC(=O)CN1CCCN(Cc2ncc[nH]2)CC1. The van der Waals surface area contributed by atoms with Crippen LogP contribution in [0.1, 0.15) is 37.2 Å². The van der Waals surface area contributed by atoms with Crippen molar-refractivity contribution in [2.45, 2.75) is 39.7 Å². The number of imidazole rings is 1. The number of nitrogens with one attached hydrogen (secondary N) is 2. The minimum atomic E-state index is 0.0880. The third kappa shape index (κ3) is 5.40. The quantitative estimate of drug-likeness (QED) is 0.788. The van der Waals surface area contributed by atoms with Crippen molar-refractivity contribution < 1.29 is 4.79 Å². The van der Waals surface area contributed by atoms with Gasteiger partial charge in [-0.05, 0) is 43.5 Å². The maximum absolute atomic E-state index is 12.7. The van der Waals surface area contributed by atoms with Gasteiger partial charge in [-0.15, -0.1) is 0 Å². The Morgan fingerprint density at radius 2 is 1.81 bits per heavy atom. The molecule has 1 aromatic carbocycles. The van der Waals surface area contributed by atoms with Crippen LogP contribution in [0.5, 0.6) is 0 Å². The lowest BCUT2D eigenvalue weighted by molar-refractivity contribution is -0.117. The van der Waals surface area contributed by atoms with E-state index in [4.69, 9.17) is 0 Å². The summed E-state index contributed by atoms with van der Waals surface area (Å²) in [7, 11) is 0. The summed E-state index contributed by atoms with van der Waals surface area (Å²) in [6, 6.07) is 6.29. The standard InChI is InChI=1S/C21H31N5O/c1-3-17-7-5-8-18(4-2)21(17)24-20(27)16-26-12-6-11-25(13-14-26)15-19-22-9-10-23-19/h5,7-10H,3-4,6,11-16H2,1-2H3,(H,22,23)(H,24,27). The van der Waals surface area contributed by atoms with Crippen LogP contribution in [0, 0.1) is 0 Å². The number of benzene rings is 1. The molecule has 1 fully saturated rings. The van der Waals surface area contributed by atoms with E-state index in [1.54, 1.807) is 6.20 Å². The number of aryl methyl sites for hydroxylation is 2. The van der Waals surface area contributed by atoms with E-state index in [1.165, 1.54) is 11.1 Å². The highest BCUT2D eigenvalue weighted by Gasteiger charge is 2.18. The second kappa shape index (κ2) is 9.67. The van der Waals surface area contributed by atoms with E-state index in [9.17, 15) is 4.79 Å². The van der Waals surface area contributed by atoms with Gasteiger partial charge in [0.15, 0.2) is 0 Å². The van der Waals surface area contributed by atoms with E-state index in [0.717, 1.165) is 63.5 Å². The van der Waals surface area contributed by atoms with Crippen molar-refractivity contribution in [1.82, 2.24) is 19.8 Å². The molecule has 6 nitrogen and oxygen atoms in total. The Hall–Kier alpha value is -2.18. The van der Waals surface area contributed by atoms with Crippen molar-refractivity contribution in [3.8, 4) is 0 Å². The molecule has 0 unspecified atom stereocenters. The van der Waals surface area contributed by atoms with Gasteiger partial charge in [0.05, 0.1) is 13.1 Å². The highest BCUT2D eigenvalue weighted by molar-refractivity contribution is 5.93. The minimum absolute atomic E-state index is 0.0880.